The van der Waals surface area contributed by atoms with Gasteiger partial charge in [0.05, 0.1) is 11.9 Å². The van der Waals surface area contributed by atoms with Crippen molar-refractivity contribution in [2.75, 3.05) is 6.61 Å². The molecule has 3 N–H and O–H groups in total. The number of halogens is 1. The number of aromatic nitrogens is 2. The van der Waals surface area contributed by atoms with Crippen LogP contribution in [0.1, 0.15) is 22.6 Å². The molecule has 1 unspecified atom stereocenters. The lowest BCUT2D eigenvalue weighted by atomic mass is 9.98. The van der Waals surface area contributed by atoms with Crippen LogP contribution in [-0.4, -0.2) is 40.0 Å². The lowest BCUT2D eigenvalue weighted by molar-refractivity contribution is -0.139. The third-order valence-electron chi connectivity index (χ3n) is 6.21. The first-order valence-corrected chi connectivity index (χ1v) is 11.1. The van der Waals surface area contributed by atoms with Gasteiger partial charge in [-0.3, -0.25) is 5.10 Å². The van der Waals surface area contributed by atoms with Crippen molar-refractivity contribution in [3.8, 4) is 22.4 Å². The smallest absolute Gasteiger partial charge is 0.407 e. The second kappa shape index (κ2) is 9.42. The van der Waals surface area contributed by atoms with Gasteiger partial charge in [-0.1, -0.05) is 48.5 Å². The Morgan fingerprint density at radius 1 is 1.00 bits per heavy atom. The third-order valence-corrected chi connectivity index (χ3v) is 6.21. The molecule has 0 bridgehead atoms. The summed E-state index contributed by atoms with van der Waals surface area (Å²) in [5, 5.41) is 19.0. The molecule has 0 radical (unpaired) electrons. The number of carbonyl (C=O) groups is 2. The van der Waals surface area contributed by atoms with Crippen LogP contribution in [0.2, 0.25) is 0 Å². The average Bonchev–Trinajstić information content (AvgIpc) is 3.45. The van der Waals surface area contributed by atoms with Crippen molar-refractivity contribution in [1.82, 2.24) is 15.5 Å². The van der Waals surface area contributed by atoms with Crippen LogP contribution in [0.15, 0.2) is 79.0 Å². The van der Waals surface area contributed by atoms with E-state index in [9.17, 15) is 19.1 Å². The molecule has 0 fully saturated rings. The number of rotatable bonds is 7. The van der Waals surface area contributed by atoms with Gasteiger partial charge in [-0.15, -0.1) is 0 Å². The zero-order chi connectivity index (χ0) is 24.4. The zero-order valence-corrected chi connectivity index (χ0v) is 18.6. The van der Waals surface area contributed by atoms with E-state index in [0.29, 0.717) is 16.8 Å². The number of alkyl carbamates (subject to hydrolysis) is 1. The van der Waals surface area contributed by atoms with Gasteiger partial charge >= 0.3 is 12.1 Å². The Hall–Kier alpha value is -4.46. The van der Waals surface area contributed by atoms with E-state index in [1.165, 1.54) is 18.3 Å². The molecular formula is C27H22FN3O4. The predicted molar refractivity (Wildman–Crippen MR) is 127 cm³/mol. The van der Waals surface area contributed by atoms with Crippen molar-refractivity contribution in [2.45, 2.75) is 18.4 Å². The molecule has 35 heavy (non-hydrogen) atoms. The number of ether oxygens (including phenoxy) is 1. The lowest BCUT2D eigenvalue weighted by Gasteiger charge is -2.17. The summed E-state index contributed by atoms with van der Waals surface area (Å²) in [6, 6.07) is 20.5. The first-order valence-electron chi connectivity index (χ1n) is 11.1. The number of carboxylic acids is 1. The highest BCUT2D eigenvalue weighted by Crippen LogP contribution is 2.44. The van der Waals surface area contributed by atoms with E-state index in [0.717, 1.165) is 22.3 Å². The normalized spacial score (nSPS) is 13.1. The van der Waals surface area contributed by atoms with Gasteiger partial charge in [0.2, 0.25) is 0 Å². The molecule has 5 rings (SSSR count). The molecule has 176 valence electrons. The molecule has 1 aromatic heterocycles. The monoisotopic (exact) mass is 471 g/mol. The largest absolute Gasteiger partial charge is 0.480 e. The van der Waals surface area contributed by atoms with E-state index in [4.69, 9.17) is 4.74 Å². The number of amides is 1. The van der Waals surface area contributed by atoms with Gasteiger partial charge in [0, 0.05) is 23.5 Å². The number of hydrogen-bond donors (Lipinski definition) is 3. The number of benzene rings is 3. The van der Waals surface area contributed by atoms with Crippen molar-refractivity contribution in [3.63, 3.8) is 0 Å². The number of aliphatic carboxylic acids is 1. The summed E-state index contributed by atoms with van der Waals surface area (Å²) < 4.78 is 18.8. The minimum atomic E-state index is -1.23. The van der Waals surface area contributed by atoms with Crippen LogP contribution in [0.25, 0.3) is 22.4 Å². The number of fused-ring (bicyclic) bond motifs is 3. The quantitative estimate of drug-likeness (QED) is 0.361. The molecule has 0 saturated heterocycles. The van der Waals surface area contributed by atoms with E-state index in [1.807, 2.05) is 48.5 Å². The summed E-state index contributed by atoms with van der Waals surface area (Å²) in [5.74, 6) is -1.71. The van der Waals surface area contributed by atoms with Gasteiger partial charge in [0.25, 0.3) is 0 Å². The van der Waals surface area contributed by atoms with Crippen LogP contribution in [0.3, 0.4) is 0 Å². The summed E-state index contributed by atoms with van der Waals surface area (Å²) in [4.78, 5) is 24.5. The summed E-state index contributed by atoms with van der Waals surface area (Å²) in [7, 11) is 0. The van der Waals surface area contributed by atoms with Crippen LogP contribution in [0.4, 0.5) is 9.18 Å². The molecule has 8 heteroatoms. The molecule has 7 nitrogen and oxygen atoms in total. The van der Waals surface area contributed by atoms with Gasteiger partial charge in [-0.2, -0.15) is 5.10 Å². The maximum Gasteiger partial charge on any atom is 0.407 e. The van der Waals surface area contributed by atoms with Gasteiger partial charge in [-0.25, -0.2) is 14.0 Å². The van der Waals surface area contributed by atoms with Gasteiger partial charge in [0.1, 0.15) is 18.5 Å². The Kier molecular flexibility index (Phi) is 6.01. The Morgan fingerprint density at radius 2 is 1.63 bits per heavy atom. The molecule has 1 heterocycles. The molecule has 0 spiro atoms. The lowest BCUT2D eigenvalue weighted by Crippen LogP contribution is -2.43. The molecule has 1 aliphatic rings. The molecule has 0 saturated carbocycles. The molecule has 1 amide bonds. The molecule has 3 aromatic carbocycles. The van der Waals surface area contributed by atoms with Crippen molar-refractivity contribution >= 4 is 12.1 Å². The predicted octanol–water partition coefficient (Wildman–Crippen LogP) is 4.75. The molecular weight excluding hydrogens is 449 g/mol. The van der Waals surface area contributed by atoms with Gasteiger partial charge < -0.3 is 15.2 Å². The van der Waals surface area contributed by atoms with Crippen molar-refractivity contribution < 1.29 is 23.8 Å². The van der Waals surface area contributed by atoms with Crippen molar-refractivity contribution in [2.24, 2.45) is 0 Å². The first kappa shape index (κ1) is 22.3. The summed E-state index contributed by atoms with van der Waals surface area (Å²) in [6.07, 6.45) is 0.655. The average molecular weight is 471 g/mol. The van der Waals surface area contributed by atoms with E-state index in [1.54, 1.807) is 12.1 Å². The Balaban J connectivity index is 1.27. The molecule has 4 aromatic rings. The Bertz CT molecular complexity index is 1340. The maximum absolute atomic E-state index is 13.3. The fourth-order valence-electron chi connectivity index (χ4n) is 4.53. The standard InChI is InChI=1S/C27H22FN3O4/c28-18-11-9-16(10-12-18)25-17(14-29-31-25)13-24(26(32)33)30-27(34)35-15-23-21-7-3-1-5-19(21)20-6-2-4-8-22(20)23/h1-12,14,23-24H,13,15H2,(H,29,31)(H,30,34)(H,32,33). The zero-order valence-electron chi connectivity index (χ0n) is 18.6. The topological polar surface area (TPSA) is 104 Å². The minimum Gasteiger partial charge on any atom is -0.480 e. The van der Waals surface area contributed by atoms with Gasteiger partial charge in [0.15, 0.2) is 0 Å². The summed E-state index contributed by atoms with van der Waals surface area (Å²) in [6.45, 7) is 0.0821. The Labute approximate surface area is 200 Å². The minimum absolute atomic E-state index is 0.0251. The number of H-pyrrole nitrogens is 1. The number of nitrogens with one attached hydrogen (secondary N) is 2. The van der Waals surface area contributed by atoms with Crippen LogP contribution in [0, 0.1) is 5.82 Å². The summed E-state index contributed by atoms with van der Waals surface area (Å²) >= 11 is 0. The number of aromatic amines is 1. The van der Waals surface area contributed by atoms with Crippen LogP contribution >= 0.6 is 0 Å². The highest BCUT2D eigenvalue weighted by molar-refractivity contribution is 5.81. The highest BCUT2D eigenvalue weighted by Gasteiger charge is 2.30. The number of nitrogens with zero attached hydrogens (tertiary/aromatic N) is 1. The van der Waals surface area contributed by atoms with E-state index < -0.39 is 18.1 Å². The second-order valence-corrected chi connectivity index (χ2v) is 8.34. The van der Waals surface area contributed by atoms with Gasteiger partial charge in [-0.05, 0) is 46.5 Å². The number of carbonyl (C=O) groups excluding carboxylic acids is 1. The maximum atomic E-state index is 13.3. The van der Waals surface area contributed by atoms with Crippen LogP contribution < -0.4 is 5.32 Å². The highest BCUT2D eigenvalue weighted by atomic mass is 19.1. The Morgan fingerprint density at radius 3 is 2.26 bits per heavy atom. The fourth-order valence-corrected chi connectivity index (χ4v) is 4.53. The fraction of sp³-hybridized carbons (Fsp3) is 0.148. The molecule has 1 aliphatic carbocycles. The van der Waals surface area contributed by atoms with Crippen molar-refractivity contribution in [3.05, 3.63) is 102 Å². The number of hydrogen-bond acceptors (Lipinski definition) is 4. The van der Waals surface area contributed by atoms with E-state index in [2.05, 4.69) is 15.5 Å². The van der Waals surface area contributed by atoms with Crippen molar-refractivity contribution in [1.29, 1.82) is 0 Å². The first-order chi connectivity index (χ1) is 17.0. The molecule has 0 aliphatic heterocycles. The van der Waals surface area contributed by atoms with E-state index >= 15 is 0 Å². The summed E-state index contributed by atoms with van der Waals surface area (Å²) in [5.41, 5.74) is 6.14. The SMILES string of the molecule is O=C(NC(Cc1cn[nH]c1-c1ccc(F)cc1)C(=O)O)OCC1c2ccccc2-c2ccccc21. The second-order valence-electron chi connectivity index (χ2n) is 8.34. The molecule has 1 atom stereocenters. The van der Waals surface area contributed by atoms with Crippen LogP contribution in [0.5, 0.6) is 0 Å². The van der Waals surface area contributed by atoms with E-state index in [-0.39, 0.29) is 24.8 Å². The third kappa shape index (κ3) is 4.50. The number of carboxylic acid groups (broad SMARTS) is 1. The van der Waals surface area contributed by atoms with Crippen LogP contribution in [-0.2, 0) is 16.0 Å².